The number of aromatic nitrogens is 5. The molecule has 1 aromatic carbocycles. The first-order chi connectivity index (χ1) is 20.4. The molecular weight excluding hydrogens is 564 g/mol. The molecule has 0 bridgehead atoms. The minimum absolute atomic E-state index is 0. The predicted octanol–water partition coefficient (Wildman–Crippen LogP) is 6.01. The van der Waals surface area contributed by atoms with Crippen molar-refractivity contribution in [1.82, 2.24) is 29.4 Å². The van der Waals surface area contributed by atoms with Crippen LogP contribution < -0.4 is 10.6 Å². The number of carbonyl (C=O) groups excluding carboxylic acids is 1. The molecule has 3 aromatic heterocycles. The van der Waals surface area contributed by atoms with E-state index in [1.54, 1.807) is 11.0 Å². The van der Waals surface area contributed by atoms with Crippen molar-refractivity contribution in [2.24, 2.45) is 0 Å². The van der Waals surface area contributed by atoms with Crippen LogP contribution in [0.25, 0.3) is 28.0 Å². The van der Waals surface area contributed by atoms with Crippen molar-refractivity contribution in [1.29, 1.82) is 0 Å². The Kier molecular flexibility index (Phi) is 9.27. The lowest BCUT2D eigenvalue weighted by Crippen LogP contribution is -2.58. The molecule has 232 valence electrons. The number of halogens is 2. The number of nitrogens with zero attached hydrogens (tertiary/aromatic N) is 7. The number of amides is 1. The third kappa shape index (κ3) is 5.58. The first-order valence-electron chi connectivity index (χ1n) is 14.4. The molecule has 9 nitrogen and oxygen atoms in total. The predicted molar refractivity (Wildman–Crippen MR) is 169 cm³/mol. The summed E-state index contributed by atoms with van der Waals surface area (Å²) in [7, 11) is 0. The minimum atomic E-state index is -0.760. The zero-order valence-corrected chi connectivity index (χ0v) is 25.2. The van der Waals surface area contributed by atoms with E-state index in [0.717, 1.165) is 0 Å². The summed E-state index contributed by atoms with van der Waals surface area (Å²) in [6.45, 7) is 15.9. The lowest BCUT2D eigenvalue weighted by molar-refractivity contribution is -0.128. The van der Waals surface area contributed by atoms with E-state index in [4.69, 9.17) is 0 Å². The molecule has 2 atom stereocenters. The molecule has 1 saturated heterocycles. The summed E-state index contributed by atoms with van der Waals surface area (Å²) in [6, 6.07) is 6.55. The summed E-state index contributed by atoms with van der Waals surface area (Å²) in [5.41, 5.74) is 0.843. The first kappa shape index (κ1) is 32.4. The van der Waals surface area contributed by atoms with Gasteiger partial charge in [0.25, 0.3) is 0 Å². The van der Waals surface area contributed by atoms with Crippen molar-refractivity contribution in [3.63, 3.8) is 0 Å². The smallest absolute Gasteiger partial charge is 0.349 e. The fourth-order valence-corrected chi connectivity index (χ4v) is 5.70. The van der Waals surface area contributed by atoms with Crippen LogP contribution in [0.3, 0.4) is 0 Å². The van der Waals surface area contributed by atoms with E-state index in [1.165, 1.54) is 41.2 Å². The summed E-state index contributed by atoms with van der Waals surface area (Å²) < 4.78 is 32.2. The normalized spacial score (nSPS) is 16.9. The molecule has 1 fully saturated rings. The fourth-order valence-electron chi connectivity index (χ4n) is 5.70. The SMILES string of the molecule is C.C=CC(=O)N1C[C@H](C)N(c2nc(=O)n(-c3c(C(C)C)ncnc3C(C)C)c3nc(-c4ccccc4F)c(F)cc23)C[C@H]1C. The van der Waals surface area contributed by atoms with Gasteiger partial charge >= 0.3 is 5.69 Å². The fraction of sp³-hybridized carbons (Fsp3) is 0.394. The Balaban J connectivity index is 0.00000442. The lowest BCUT2D eigenvalue weighted by atomic mass is 10.0. The highest BCUT2D eigenvalue weighted by Gasteiger charge is 2.34. The van der Waals surface area contributed by atoms with E-state index in [2.05, 4.69) is 26.5 Å². The quantitative estimate of drug-likeness (QED) is 0.249. The number of piperazine rings is 1. The van der Waals surface area contributed by atoms with Gasteiger partial charge in [0.1, 0.15) is 29.5 Å². The Morgan fingerprint density at radius 3 is 2.20 bits per heavy atom. The molecule has 5 rings (SSSR count). The van der Waals surface area contributed by atoms with Crippen LogP contribution in [0.2, 0.25) is 0 Å². The zero-order valence-electron chi connectivity index (χ0n) is 25.2. The molecule has 4 aromatic rings. The molecule has 0 unspecified atom stereocenters. The number of carbonyl (C=O) groups is 1. The third-order valence-corrected chi connectivity index (χ3v) is 7.84. The van der Waals surface area contributed by atoms with E-state index >= 15 is 4.39 Å². The summed E-state index contributed by atoms with van der Waals surface area (Å²) in [6.07, 6.45) is 2.74. The molecule has 44 heavy (non-hydrogen) atoms. The van der Waals surface area contributed by atoms with E-state index in [-0.39, 0.29) is 65.4 Å². The van der Waals surface area contributed by atoms with Gasteiger partial charge in [0.05, 0.1) is 22.5 Å². The van der Waals surface area contributed by atoms with Gasteiger partial charge in [0, 0.05) is 30.7 Å². The van der Waals surface area contributed by atoms with Gasteiger partial charge in [0.15, 0.2) is 5.65 Å². The number of hydrogen-bond donors (Lipinski definition) is 0. The van der Waals surface area contributed by atoms with Crippen molar-refractivity contribution >= 4 is 22.8 Å². The van der Waals surface area contributed by atoms with Crippen molar-refractivity contribution < 1.29 is 13.6 Å². The summed E-state index contributed by atoms with van der Waals surface area (Å²) in [5, 5.41) is 0.271. The number of rotatable bonds is 6. The highest BCUT2D eigenvalue weighted by molar-refractivity contribution is 5.91. The molecule has 0 saturated carbocycles. The molecule has 0 radical (unpaired) electrons. The van der Waals surface area contributed by atoms with Gasteiger partial charge in [-0.05, 0) is 50.0 Å². The summed E-state index contributed by atoms with van der Waals surface area (Å²) in [5.74, 6) is -1.55. The van der Waals surface area contributed by atoms with Crippen LogP contribution in [-0.2, 0) is 4.79 Å². The topological polar surface area (TPSA) is 97.1 Å². The average molecular weight is 604 g/mol. The van der Waals surface area contributed by atoms with Crippen LogP contribution in [0.5, 0.6) is 0 Å². The van der Waals surface area contributed by atoms with Crippen molar-refractivity contribution in [2.75, 3.05) is 18.0 Å². The maximum Gasteiger partial charge on any atom is 0.355 e. The number of benzene rings is 1. The van der Waals surface area contributed by atoms with E-state index in [0.29, 0.717) is 30.2 Å². The van der Waals surface area contributed by atoms with Crippen LogP contribution in [0.1, 0.15) is 72.2 Å². The van der Waals surface area contributed by atoms with Gasteiger partial charge in [0.2, 0.25) is 5.91 Å². The number of hydrogen-bond acceptors (Lipinski definition) is 7. The van der Waals surface area contributed by atoms with Crippen LogP contribution in [-0.4, -0.2) is 60.5 Å². The minimum Gasteiger partial charge on any atom is -0.349 e. The Morgan fingerprint density at radius 2 is 1.61 bits per heavy atom. The standard InChI is InChI=1S/C32H35F2N7O2.CH4/c1-8-25(42)39-14-20(7)40(15-19(39)6)30-22-13-24(34)28(21-11-9-10-12-23(21)33)37-31(22)41(32(43)38-30)29-26(17(2)3)35-16-36-27(29)18(4)5;/h8-13,16-20H,1,14-15H2,2-7H3;1H4/t19-,20+;/m1./s1. The molecule has 4 heterocycles. The molecule has 0 aliphatic carbocycles. The summed E-state index contributed by atoms with van der Waals surface area (Å²) >= 11 is 0. The van der Waals surface area contributed by atoms with Crippen LogP contribution in [0.4, 0.5) is 14.6 Å². The molecule has 0 N–H and O–H groups in total. The zero-order chi connectivity index (χ0) is 31.2. The van der Waals surface area contributed by atoms with Crippen LogP contribution in [0, 0.1) is 11.6 Å². The maximum absolute atomic E-state index is 15.9. The summed E-state index contributed by atoms with van der Waals surface area (Å²) in [4.78, 5) is 48.4. The van der Waals surface area contributed by atoms with Crippen molar-refractivity contribution in [2.45, 2.75) is 72.9 Å². The largest absolute Gasteiger partial charge is 0.355 e. The van der Waals surface area contributed by atoms with Crippen molar-refractivity contribution in [3.05, 3.63) is 82.8 Å². The highest BCUT2D eigenvalue weighted by Crippen LogP contribution is 2.35. The Bertz CT molecular complexity index is 1760. The molecular formula is C33H39F2N7O2. The second-order valence-corrected chi connectivity index (χ2v) is 11.6. The monoisotopic (exact) mass is 603 g/mol. The highest BCUT2D eigenvalue weighted by atomic mass is 19.1. The Morgan fingerprint density at radius 1 is 0.977 bits per heavy atom. The van der Waals surface area contributed by atoms with Gasteiger partial charge in [-0.3, -0.25) is 4.79 Å². The van der Waals surface area contributed by atoms with Crippen LogP contribution in [0.15, 0.2) is 54.1 Å². The average Bonchev–Trinajstić information content (AvgIpc) is 2.97. The van der Waals surface area contributed by atoms with E-state index in [9.17, 15) is 14.0 Å². The molecule has 1 amide bonds. The molecule has 1 aliphatic rings. The van der Waals surface area contributed by atoms with E-state index in [1.807, 2.05) is 46.4 Å². The van der Waals surface area contributed by atoms with Gasteiger partial charge < -0.3 is 9.80 Å². The third-order valence-electron chi connectivity index (χ3n) is 7.84. The second kappa shape index (κ2) is 12.6. The Labute approximate surface area is 256 Å². The van der Waals surface area contributed by atoms with Gasteiger partial charge in [-0.2, -0.15) is 4.98 Å². The lowest BCUT2D eigenvalue weighted by Gasteiger charge is -2.44. The number of fused-ring (bicyclic) bond motifs is 1. The second-order valence-electron chi connectivity index (χ2n) is 11.6. The number of pyridine rings is 1. The maximum atomic E-state index is 15.9. The first-order valence-corrected chi connectivity index (χ1v) is 14.4. The van der Waals surface area contributed by atoms with Crippen molar-refractivity contribution in [3.8, 4) is 16.9 Å². The van der Waals surface area contributed by atoms with Crippen LogP contribution >= 0.6 is 0 Å². The van der Waals surface area contributed by atoms with Gasteiger partial charge in [-0.25, -0.2) is 33.1 Å². The van der Waals surface area contributed by atoms with Gasteiger partial charge in [-0.15, -0.1) is 0 Å². The molecule has 0 spiro atoms. The number of anilines is 1. The Hall–Kier alpha value is -4.54. The molecule has 1 aliphatic heterocycles. The molecule has 11 heteroatoms. The van der Waals surface area contributed by atoms with E-state index < -0.39 is 17.3 Å². The van der Waals surface area contributed by atoms with Gasteiger partial charge in [-0.1, -0.05) is 53.8 Å².